The number of alkyl halides is 4. The van der Waals surface area contributed by atoms with Crippen LogP contribution in [-0.2, 0) is 55.2 Å². The fourth-order valence-corrected chi connectivity index (χ4v) is 4.42. The van der Waals surface area contributed by atoms with Gasteiger partial charge in [0.05, 0.1) is 0 Å². The van der Waals surface area contributed by atoms with Crippen LogP contribution in [0.1, 0.15) is 57.5 Å². The van der Waals surface area contributed by atoms with Crippen molar-refractivity contribution in [2.45, 2.75) is 51.2 Å². The third-order valence-corrected chi connectivity index (χ3v) is 8.11. The summed E-state index contributed by atoms with van der Waals surface area (Å²) in [6.45, 7) is 7.37. The fourth-order valence-electron chi connectivity index (χ4n) is 4.42. The zero-order valence-electron chi connectivity index (χ0n) is 29.8. The van der Waals surface area contributed by atoms with Crippen LogP contribution >= 0.6 is 46.4 Å². The molecule has 0 spiro atoms. The Balaban J connectivity index is 0. The maximum atomic E-state index is 11.6. The summed E-state index contributed by atoms with van der Waals surface area (Å²) >= 11 is 20.5. The van der Waals surface area contributed by atoms with E-state index in [-0.39, 0.29) is 75.1 Å². The number of Topliss-reactive ketones (excluding diaryl/α,β-unsaturated/α-hetero) is 2. The predicted molar refractivity (Wildman–Crippen MR) is 202 cm³/mol. The van der Waals surface area contributed by atoms with Gasteiger partial charge in [0.1, 0.15) is 9.67 Å². The second-order valence-electron chi connectivity index (χ2n) is 11.0. The third kappa shape index (κ3) is 18.9. The summed E-state index contributed by atoms with van der Waals surface area (Å²) in [4.78, 5) is 43.2. The van der Waals surface area contributed by atoms with E-state index < -0.39 is 32.8 Å². The normalized spacial score (nSPS) is 11.9. The second-order valence-corrected chi connectivity index (χ2v) is 13.3. The SMILES string of the molecule is C/C([O-])=C/C(=O)c1ccc2ccccc2c1.CC(=O)/C=C(\[O-])c1ccc2ccccc2c1.CC(=O)C(=C(/C)[O-])/C(C(C)=O)=C(\C)[O-].ClC(Cl)C(Cl)Cl.[Pd+2].[Pd+2]. The smallest absolute Gasteiger partial charge is 0.876 e. The van der Waals surface area contributed by atoms with E-state index >= 15 is 0 Å². The molecule has 0 bridgehead atoms. The van der Waals surface area contributed by atoms with Crippen molar-refractivity contribution in [3.05, 3.63) is 137 Å². The van der Waals surface area contributed by atoms with E-state index in [0.717, 1.165) is 61.4 Å². The minimum atomic E-state index is -0.673. The van der Waals surface area contributed by atoms with Gasteiger partial charge in [0.25, 0.3) is 0 Å². The zero-order valence-corrected chi connectivity index (χ0v) is 35.9. The molecule has 4 aromatic rings. The van der Waals surface area contributed by atoms with Crippen molar-refractivity contribution in [3.8, 4) is 0 Å². The van der Waals surface area contributed by atoms with Crippen LogP contribution in [0.15, 0.2) is 126 Å². The van der Waals surface area contributed by atoms with Crippen LogP contribution in [0.5, 0.6) is 0 Å². The van der Waals surface area contributed by atoms with Crippen molar-refractivity contribution in [1.82, 2.24) is 0 Å². The van der Waals surface area contributed by atoms with Gasteiger partial charge in [-0.1, -0.05) is 99.3 Å². The Kier molecular flexibility index (Phi) is 25.9. The van der Waals surface area contributed by atoms with E-state index in [4.69, 9.17) is 46.4 Å². The molecule has 0 aliphatic carbocycles. The monoisotopic (exact) mass is 996 g/mol. The van der Waals surface area contributed by atoms with Crippen LogP contribution in [-0.4, -0.2) is 32.8 Å². The largest absolute Gasteiger partial charge is 2.00 e. The van der Waals surface area contributed by atoms with Gasteiger partial charge in [0.15, 0.2) is 23.1 Å². The Morgan fingerprint density at radius 3 is 1.19 bits per heavy atom. The summed E-state index contributed by atoms with van der Waals surface area (Å²) in [6.07, 6.45) is 2.23. The van der Waals surface area contributed by atoms with E-state index in [2.05, 4.69) is 0 Å². The van der Waals surface area contributed by atoms with Gasteiger partial charge in [0.2, 0.25) is 0 Å². The fraction of sp³-hybridized carbons (Fsp3) is 0.200. The molecule has 4 aromatic carbocycles. The number of benzene rings is 4. The summed E-state index contributed by atoms with van der Waals surface area (Å²) < 4.78 is 0. The maximum absolute atomic E-state index is 11.6. The van der Waals surface area contributed by atoms with Crippen molar-refractivity contribution in [3.63, 3.8) is 0 Å². The molecule has 14 heteroatoms. The third-order valence-electron chi connectivity index (χ3n) is 6.59. The van der Waals surface area contributed by atoms with Gasteiger partial charge in [-0.25, -0.2) is 0 Å². The van der Waals surface area contributed by atoms with Crippen LogP contribution < -0.4 is 20.4 Å². The molecule has 0 saturated heterocycles. The minimum absolute atomic E-state index is 0. The standard InChI is InChI=1S/2C14H12O2.C10H14O4.C2H2Cl4.2Pd/c2*1-10(15)8-14(16)13-7-6-11-4-2-3-5-12(11)9-13;1-5(11)9(6(2)12)10(7(3)13)8(4)14;3-1(4)2(5)6;;/h2-9,16H,1H3;2-9,15H,1H3;11,13H,1-4H3;1-2H;;/q;;;;2*+2/p-4/b14-8-;10-8-;9-5+,10-7+;;;. The van der Waals surface area contributed by atoms with Crippen LogP contribution in [0.25, 0.3) is 27.3 Å². The zero-order chi connectivity index (χ0) is 39.7. The number of hydrogen-bond acceptors (Lipinski definition) is 8. The van der Waals surface area contributed by atoms with E-state index in [1.165, 1.54) is 13.8 Å². The first-order chi connectivity index (χ1) is 24.3. The van der Waals surface area contributed by atoms with E-state index in [1.807, 2.05) is 60.7 Å². The van der Waals surface area contributed by atoms with Crippen molar-refractivity contribution in [2.75, 3.05) is 0 Å². The molecule has 4 rings (SSSR count). The maximum Gasteiger partial charge on any atom is 2.00 e. The van der Waals surface area contributed by atoms with Gasteiger partial charge in [-0.05, 0) is 72.2 Å². The first kappa shape index (κ1) is 52.8. The van der Waals surface area contributed by atoms with Crippen molar-refractivity contribution < 1.29 is 80.4 Å². The molecular formula is C40H36Cl4O8Pd2. The Morgan fingerprint density at radius 1 is 0.519 bits per heavy atom. The predicted octanol–water partition coefficient (Wildman–Crippen LogP) is 6.44. The summed E-state index contributed by atoms with van der Waals surface area (Å²) in [7, 11) is 0. The van der Waals surface area contributed by atoms with Crippen LogP contribution in [0.3, 0.4) is 0 Å². The van der Waals surface area contributed by atoms with Crippen molar-refractivity contribution >= 4 is 96.8 Å². The molecule has 0 atom stereocenters. The molecule has 8 nitrogen and oxygen atoms in total. The topological polar surface area (TPSA) is 161 Å². The van der Waals surface area contributed by atoms with Crippen LogP contribution in [0.4, 0.5) is 0 Å². The Labute approximate surface area is 362 Å². The van der Waals surface area contributed by atoms with Crippen LogP contribution in [0, 0.1) is 0 Å². The number of carbonyl (C=O) groups excluding carboxylic acids is 4. The molecule has 0 unspecified atom stereocenters. The molecule has 0 amide bonds. The minimum Gasteiger partial charge on any atom is -0.876 e. The summed E-state index contributed by atoms with van der Waals surface area (Å²) in [5.74, 6) is -3.15. The van der Waals surface area contributed by atoms with Gasteiger partial charge in [-0.15, -0.1) is 63.7 Å². The number of halogens is 4. The second kappa shape index (κ2) is 26.5. The molecule has 54 heavy (non-hydrogen) atoms. The molecule has 0 aliphatic rings. The quantitative estimate of drug-likeness (QED) is 0.0487. The average molecular weight is 999 g/mol. The molecule has 0 heterocycles. The molecule has 0 N–H and O–H groups in total. The van der Waals surface area contributed by atoms with E-state index in [9.17, 15) is 39.6 Å². The van der Waals surface area contributed by atoms with Gasteiger partial charge in [0, 0.05) is 16.7 Å². The molecule has 0 aromatic heterocycles. The summed E-state index contributed by atoms with van der Waals surface area (Å²) in [5, 5.41) is 48.7. The van der Waals surface area contributed by atoms with E-state index in [0.29, 0.717) is 11.1 Å². The molecule has 0 radical (unpaired) electrons. The van der Waals surface area contributed by atoms with Gasteiger partial charge >= 0.3 is 40.8 Å². The number of ketones is 4. The number of rotatable bonds is 8. The number of hydrogen-bond donors (Lipinski definition) is 0. The van der Waals surface area contributed by atoms with Gasteiger partial charge in [-0.3, -0.25) is 19.2 Å². The van der Waals surface area contributed by atoms with Gasteiger partial charge in [-0.2, -0.15) is 0 Å². The Morgan fingerprint density at radius 2 is 0.870 bits per heavy atom. The molecular weight excluding hydrogens is 963 g/mol. The van der Waals surface area contributed by atoms with Crippen molar-refractivity contribution in [1.29, 1.82) is 0 Å². The van der Waals surface area contributed by atoms with E-state index in [1.54, 1.807) is 24.3 Å². The number of carbonyl (C=O) groups is 4. The molecule has 0 saturated carbocycles. The Hall–Kier alpha value is -3.28. The van der Waals surface area contributed by atoms with Gasteiger partial charge < -0.3 is 20.4 Å². The van der Waals surface area contributed by atoms with Crippen molar-refractivity contribution in [2.24, 2.45) is 0 Å². The van der Waals surface area contributed by atoms with Crippen LogP contribution in [0.2, 0.25) is 0 Å². The number of allylic oxidation sites excluding steroid dienone is 7. The molecule has 0 aliphatic heterocycles. The average Bonchev–Trinajstić information content (AvgIpc) is 3.06. The Bertz CT molecular complexity index is 1980. The molecule has 0 fully saturated rings. The number of fused-ring (bicyclic) bond motifs is 2. The summed E-state index contributed by atoms with van der Waals surface area (Å²) in [5.41, 5.74) is 0.498. The molecule has 292 valence electrons. The first-order valence-electron chi connectivity index (χ1n) is 15.4. The first-order valence-corrected chi connectivity index (χ1v) is 17.1. The summed E-state index contributed by atoms with van der Waals surface area (Å²) in [6, 6.07) is 26.5.